The highest BCUT2D eigenvalue weighted by molar-refractivity contribution is 5.90. The van der Waals surface area contributed by atoms with E-state index < -0.39 is 0 Å². The lowest BCUT2D eigenvalue weighted by Crippen LogP contribution is -2.15. The summed E-state index contributed by atoms with van der Waals surface area (Å²) < 4.78 is 5.11. The van der Waals surface area contributed by atoms with Gasteiger partial charge in [0.15, 0.2) is 0 Å². The van der Waals surface area contributed by atoms with E-state index in [0.29, 0.717) is 17.7 Å². The second-order valence-electron chi connectivity index (χ2n) is 3.02. The zero-order valence-electron chi connectivity index (χ0n) is 8.01. The quantitative estimate of drug-likeness (QED) is 0.736. The van der Waals surface area contributed by atoms with E-state index in [4.69, 9.17) is 4.74 Å². The Morgan fingerprint density at radius 2 is 2.47 bits per heavy atom. The summed E-state index contributed by atoms with van der Waals surface area (Å²) in [6.07, 6.45) is 9.00. The molecule has 1 N–H and O–H groups in total. The first-order chi connectivity index (χ1) is 7.36. The van der Waals surface area contributed by atoms with Crippen molar-refractivity contribution >= 4 is 5.97 Å². The third kappa shape index (κ3) is 2.43. The molecular formula is C11H10N2O2. The van der Waals surface area contributed by atoms with E-state index in [0.717, 1.165) is 0 Å². The molecule has 0 aromatic carbocycles. The zero-order chi connectivity index (χ0) is 10.5. The van der Waals surface area contributed by atoms with Crippen LogP contribution in [0.1, 0.15) is 6.42 Å². The maximum atomic E-state index is 11.6. The van der Waals surface area contributed by atoms with Gasteiger partial charge in [0.25, 0.3) is 0 Å². The zero-order valence-corrected chi connectivity index (χ0v) is 8.01. The number of carbonyl (C=O) groups excluding carboxylic acids is 1. The number of hydrogen-bond acceptors (Lipinski definition) is 4. The van der Waals surface area contributed by atoms with Crippen molar-refractivity contribution in [2.75, 3.05) is 0 Å². The van der Waals surface area contributed by atoms with Crippen LogP contribution in [0.25, 0.3) is 0 Å². The molecule has 0 fully saturated rings. The Morgan fingerprint density at radius 1 is 1.53 bits per heavy atom. The van der Waals surface area contributed by atoms with Crippen molar-refractivity contribution in [2.24, 2.45) is 0 Å². The number of esters is 1. The number of carbonyl (C=O) groups is 1. The average Bonchev–Trinajstić information content (AvgIpc) is 2.31. The van der Waals surface area contributed by atoms with E-state index in [2.05, 4.69) is 10.3 Å². The largest absolute Gasteiger partial charge is 0.421 e. The number of hydrogen-bond donors (Lipinski definition) is 1. The van der Waals surface area contributed by atoms with Crippen LogP contribution in [0.15, 0.2) is 48.6 Å². The number of rotatable bonds is 2. The van der Waals surface area contributed by atoms with Gasteiger partial charge in [-0.05, 0) is 18.3 Å². The minimum absolute atomic E-state index is 0.347. The minimum Gasteiger partial charge on any atom is -0.421 e. The topological polar surface area (TPSA) is 51.2 Å². The molecule has 4 heteroatoms. The molecule has 0 saturated heterocycles. The van der Waals surface area contributed by atoms with Crippen LogP contribution in [0.4, 0.5) is 0 Å². The van der Waals surface area contributed by atoms with Gasteiger partial charge in [-0.25, -0.2) is 4.79 Å². The Labute approximate surface area is 87.3 Å². The molecule has 0 unspecified atom stereocenters. The highest BCUT2D eigenvalue weighted by Crippen LogP contribution is 2.12. The van der Waals surface area contributed by atoms with Gasteiger partial charge < -0.3 is 10.1 Å². The number of aromatic nitrogens is 1. The van der Waals surface area contributed by atoms with Crippen molar-refractivity contribution in [1.82, 2.24) is 10.3 Å². The standard InChI is InChI=1S/C11H10N2O2/c14-11(9-3-1-5-12-7-9)15-10-4-2-6-13-8-10/h1-2,4-8,12H,3H2. The van der Waals surface area contributed by atoms with Crippen LogP contribution >= 0.6 is 0 Å². The van der Waals surface area contributed by atoms with Crippen molar-refractivity contribution in [1.29, 1.82) is 0 Å². The highest BCUT2D eigenvalue weighted by Gasteiger charge is 2.12. The first kappa shape index (κ1) is 9.45. The summed E-state index contributed by atoms with van der Waals surface area (Å²) in [5, 5.41) is 2.84. The van der Waals surface area contributed by atoms with E-state index >= 15 is 0 Å². The van der Waals surface area contributed by atoms with Gasteiger partial charge in [-0.2, -0.15) is 0 Å². The van der Waals surface area contributed by atoms with Gasteiger partial charge in [0.05, 0.1) is 11.8 Å². The molecule has 76 valence electrons. The lowest BCUT2D eigenvalue weighted by atomic mass is 10.2. The number of ether oxygens (including phenoxy) is 1. The number of nitrogens with zero attached hydrogens (tertiary/aromatic N) is 1. The van der Waals surface area contributed by atoms with Gasteiger partial charge in [0.2, 0.25) is 0 Å². The van der Waals surface area contributed by atoms with Gasteiger partial charge in [0, 0.05) is 18.8 Å². The summed E-state index contributed by atoms with van der Waals surface area (Å²) in [6.45, 7) is 0. The lowest BCUT2D eigenvalue weighted by molar-refractivity contribution is -0.130. The van der Waals surface area contributed by atoms with Gasteiger partial charge in [-0.1, -0.05) is 6.08 Å². The fourth-order valence-electron chi connectivity index (χ4n) is 1.18. The summed E-state index contributed by atoms with van der Waals surface area (Å²) in [7, 11) is 0. The maximum absolute atomic E-state index is 11.6. The number of dihydropyridines is 1. The van der Waals surface area contributed by atoms with Crippen LogP contribution in [-0.4, -0.2) is 11.0 Å². The van der Waals surface area contributed by atoms with E-state index in [1.54, 1.807) is 30.7 Å². The Balaban J connectivity index is 2.01. The van der Waals surface area contributed by atoms with Crippen molar-refractivity contribution in [3.05, 3.63) is 48.6 Å². The summed E-state index contributed by atoms with van der Waals surface area (Å²) in [4.78, 5) is 15.4. The van der Waals surface area contributed by atoms with Crippen LogP contribution in [0.2, 0.25) is 0 Å². The van der Waals surface area contributed by atoms with Gasteiger partial charge in [-0.3, -0.25) is 4.98 Å². The molecule has 1 aromatic heterocycles. The van der Waals surface area contributed by atoms with E-state index in [9.17, 15) is 4.79 Å². The third-order valence-corrected chi connectivity index (χ3v) is 1.92. The predicted molar refractivity (Wildman–Crippen MR) is 54.8 cm³/mol. The van der Waals surface area contributed by atoms with Crippen LogP contribution in [0.5, 0.6) is 5.75 Å². The summed E-state index contributed by atoms with van der Waals surface area (Å²) >= 11 is 0. The normalized spacial score (nSPS) is 14.0. The SMILES string of the molecule is O=C(Oc1cccnc1)C1=CNC=CC1. The fraction of sp³-hybridized carbons (Fsp3) is 0.0909. The second kappa shape index (κ2) is 4.41. The molecule has 1 aromatic rings. The molecule has 2 rings (SSSR count). The number of allylic oxidation sites excluding steroid dienone is 1. The van der Waals surface area contributed by atoms with Crippen molar-refractivity contribution in [2.45, 2.75) is 6.42 Å². The molecule has 0 spiro atoms. The van der Waals surface area contributed by atoms with Gasteiger partial charge in [0.1, 0.15) is 5.75 Å². The Kier molecular flexibility index (Phi) is 2.78. The van der Waals surface area contributed by atoms with E-state index in [-0.39, 0.29) is 5.97 Å². The monoisotopic (exact) mass is 202 g/mol. The fourth-order valence-corrected chi connectivity index (χ4v) is 1.18. The molecule has 2 heterocycles. The summed E-state index contributed by atoms with van der Waals surface area (Å²) in [5.74, 6) is 0.109. The van der Waals surface area contributed by atoms with E-state index in [1.165, 1.54) is 6.20 Å². The lowest BCUT2D eigenvalue weighted by Gasteiger charge is -2.08. The minimum atomic E-state index is -0.347. The molecule has 0 bridgehead atoms. The van der Waals surface area contributed by atoms with Crippen molar-refractivity contribution in [3.8, 4) is 5.75 Å². The molecule has 1 aliphatic heterocycles. The van der Waals surface area contributed by atoms with Gasteiger partial charge in [-0.15, -0.1) is 0 Å². The van der Waals surface area contributed by atoms with Gasteiger partial charge >= 0.3 is 5.97 Å². The number of pyridine rings is 1. The predicted octanol–water partition coefficient (Wildman–Crippen LogP) is 1.38. The molecule has 0 aliphatic carbocycles. The molecule has 0 saturated carbocycles. The molecule has 0 radical (unpaired) electrons. The van der Waals surface area contributed by atoms with Crippen LogP contribution in [0, 0.1) is 0 Å². The van der Waals surface area contributed by atoms with Crippen LogP contribution in [0.3, 0.4) is 0 Å². The Morgan fingerprint density at radius 3 is 3.13 bits per heavy atom. The molecule has 0 amide bonds. The second-order valence-corrected chi connectivity index (χ2v) is 3.02. The van der Waals surface area contributed by atoms with Crippen molar-refractivity contribution < 1.29 is 9.53 Å². The van der Waals surface area contributed by atoms with Crippen LogP contribution in [-0.2, 0) is 4.79 Å². The average molecular weight is 202 g/mol. The Hall–Kier alpha value is -2.10. The van der Waals surface area contributed by atoms with Crippen LogP contribution < -0.4 is 10.1 Å². The first-order valence-corrected chi connectivity index (χ1v) is 4.58. The molecule has 15 heavy (non-hydrogen) atoms. The molecule has 0 atom stereocenters. The maximum Gasteiger partial charge on any atom is 0.341 e. The summed E-state index contributed by atoms with van der Waals surface area (Å²) in [5.41, 5.74) is 0.598. The smallest absolute Gasteiger partial charge is 0.341 e. The third-order valence-electron chi connectivity index (χ3n) is 1.92. The molecule has 1 aliphatic rings. The first-order valence-electron chi connectivity index (χ1n) is 4.58. The van der Waals surface area contributed by atoms with Crippen molar-refractivity contribution in [3.63, 3.8) is 0 Å². The summed E-state index contributed by atoms with van der Waals surface area (Å²) in [6, 6.07) is 3.41. The molecule has 4 nitrogen and oxygen atoms in total. The highest BCUT2D eigenvalue weighted by atomic mass is 16.5. The number of nitrogens with one attached hydrogen (secondary N) is 1. The molecular weight excluding hydrogens is 192 g/mol. The van der Waals surface area contributed by atoms with E-state index in [1.807, 2.05) is 6.08 Å². The Bertz CT molecular complexity index is 410.